The monoisotopic (exact) mass is 236 g/mol. The van der Waals surface area contributed by atoms with E-state index in [-0.39, 0.29) is 0 Å². The molecule has 1 N–H and O–H groups in total. The van der Waals surface area contributed by atoms with Crippen molar-refractivity contribution in [1.82, 2.24) is 0 Å². The van der Waals surface area contributed by atoms with Crippen LogP contribution in [0.15, 0.2) is 24.3 Å². The van der Waals surface area contributed by atoms with Gasteiger partial charge in [-0.3, -0.25) is 0 Å². The maximum absolute atomic E-state index is 10.8. The van der Waals surface area contributed by atoms with Crippen LogP contribution in [0.4, 0.5) is 0 Å². The fourth-order valence-electron chi connectivity index (χ4n) is 2.06. The van der Waals surface area contributed by atoms with Crippen molar-refractivity contribution in [3.63, 3.8) is 0 Å². The Labute approximate surface area is 100 Å². The number of hydrogen-bond acceptors (Lipinski definition) is 2. The van der Waals surface area contributed by atoms with Crippen LogP contribution in [0, 0.1) is 0 Å². The zero-order valence-electron chi connectivity index (χ0n) is 9.19. The smallest absolute Gasteiger partial charge is 0.335 e. The number of hydrogen-bond donors (Lipinski definition) is 1. The first kappa shape index (κ1) is 11.5. The molecular weight excluding hydrogens is 220 g/mol. The molecule has 1 saturated carbocycles. The highest BCUT2D eigenvalue weighted by Gasteiger charge is 2.15. The van der Waals surface area contributed by atoms with Gasteiger partial charge in [0.1, 0.15) is 0 Å². The first-order valence-electron chi connectivity index (χ1n) is 5.69. The van der Waals surface area contributed by atoms with Crippen LogP contribution >= 0.6 is 11.8 Å². The normalized spacial score (nSPS) is 16.5. The van der Waals surface area contributed by atoms with Gasteiger partial charge in [0, 0.05) is 11.0 Å². The lowest BCUT2D eigenvalue weighted by Gasteiger charge is -2.08. The van der Waals surface area contributed by atoms with E-state index in [0.29, 0.717) is 5.56 Å². The highest BCUT2D eigenvalue weighted by molar-refractivity contribution is 7.99. The summed E-state index contributed by atoms with van der Waals surface area (Å²) in [4.78, 5) is 10.8. The van der Waals surface area contributed by atoms with Crippen molar-refractivity contribution in [3.05, 3.63) is 35.4 Å². The van der Waals surface area contributed by atoms with Crippen LogP contribution in [0.25, 0.3) is 0 Å². The zero-order valence-corrected chi connectivity index (χ0v) is 10.0. The largest absolute Gasteiger partial charge is 0.478 e. The third kappa shape index (κ3) is 3.01. The average molecular weight is 236 g/mol. The Morgan fingerprint density at radius 2 is 2.12 bits per heavy atom. The quantitative estimate of drug-likeness (QED) is 0.868. The Balaban J connectivity index is 1.93. The van der Waals surface area contributed by atoms with Crippen molar-refractivity contribution in [2.45, 2.75) is 36.7 Å². The second kappa shape index (κ2) is 5.39. The molecule has 1 aliphatic carbocycles. The fraction of sp³-hybridized carbons (Fsp3) is 0.462. The van der Waals surface area contributed by atoms with Gasteiger partial charge in [-0.1, -0.05) is 25.0 Å². The van der Waals surface area contributed by atoms with Gasteiger partial charge >= 0.3 is 5.97 Å². The standard InChI is InChI=1S/C13H16O2S/c14-13(15)11-5-3-4-10(8-11)9-16-12-6-1-2-7-12/h3-5,8,12H,1-2,6-7,9H2,(H,14,15). The van der Waals surface area contributed by atoms with E-state index in [1.54, 1.807) is 12.1 Å². The molecule has 0 aromatic heterocycles. The Morgan fingerprint density at radius 1 is 1.38 bits per heavy atom. The third-order valence-corrected chi connectivity index (χ3v) is 4.40. The van der Waals surface area contributed by atoms with Gasteiger partial charge in [0.2, 0.25) is 0 Å². The van der Waals surface area contributed by atoms with E-state index >= 15 is 0 Å². The molecule has 86 valence electrons. The minimum atomic E-state index is -0.840. The Morgan fingerprint density at radius 3 is 2.81 bits per heavy atom. The molecule has 0 aliphatic heterocycles. The number of carbonyl (C=O) groups is 1. The van der Waals surface area contributed by atoms with Crippen molar-refractivity contribution in [2.75, 3.05) is 0 Å². The first-order chi connectivity index (χ1) is 7.75. The van der Waals surface area contributed by atoms with Crippen molar-refractivity contribution in [2.24, 2.45) is 0 Å². The predicted molar refractivity (Wildman–Crippen MR) is 67.0 cm³/mol. The first-order valence-corrected chi connectivity index (χ1v) is 6.74. The molecule has 2 rings (SSSR count). The molecule has 0 heterocycles. The maximum Gasteiger partial charge on any atom is 0.335 e. The Hall–Kier alpha value is -0.960. The molecule has 0 unspecified atom stereocenters. The van der Waals surface area contributed by atoms with Crippen molar-refractivity contribution in [1.29, 1.82) is 0 Å². The lowest BCUT2D eigenvalue weighted by Crippen LogP contribution is -1.98. The SMILES string of the molecule is O=C(O)c1cccc(CSC2CCCC2)c1. The van der Waals surface area contributed by atoms with Gasteiger partial charge in [-0.15, -0.1) is 0 Å². The summed E-state index contributed by atoms with van der Waals surface area (Å²) in [5, 5.41) is 9.67. The van der Waals surface area contributed by atoms with Gasteiger partial charge in [0.25, 0.3) is 0 Å². The molecule has 0 atom stereocenters. The summed E-state index contributed by atoms with van der Waals surface area (Å²) < 4.78 is 0. The summed E-state index contributed by atoms with van der Waals surface area (Å²) in [7, 11) is 0. The summed E-state index contributed by atoms with van der Waals surface area (Å²) in [6, 6.07) is 7.26. The molecule has 16 heavy (non-hydrogen) atoms. The van der Waals surface area contributed by atoms with Crippen LogP contribution in [-0.4, -0.2) is 16.3 Å². The molecule has 0 spiro atoms. The van der Waals surface area contributed by atoms with Gasteiger partial charge in [-0.05, 0) is 30.5 Å². The van der Waals surface area contributed by atoms with E-state index in [9.17, 15) is 4.79 Å². The number of thioether (sulfide) groups is 1. The van der Waals surface area contributed by atoms with E-state index in [2.05, 4.69) is 0 Å². The van der Waals surface area contributed by atoms with E-state index in [4.69, 9.17) is 5.11 Å². The molecule has 1 aliphatic rings. The number of rotatable bonds is 4. The molecule has 1 fully saturated rings. The molecule has 1 aromatic rings. The highest BCUT2D eigenvalue weighted by atomic mass is 32.2. The van der Waals surface area contributed by atoms with Crippen molar-refractivity contribution < 1.29 is 9.90 Å². The molecule has 0 radical (unpaired) electrons. The summed E-state index contributed by atoms with van der Waals surface area (Å²) in [6.45, 7) is 0. The lowest BCUT2D eigenvalue weighted by atomic mass is 10.1. The minimum Gasteiger partial charge on any atom is -0.478 e. The molecular formula is C13H16O2S. The van der Waals surface area contributed by atoms with Crippen LogP contribution < -0.4 is 0 Å². The summed E-state index contributed by atoms with van der Waals surface area (Å²) in [5.74, 6) is 0.0962. The molecule has 1 aromatic carbocycles. The maximum atomic E-state index is 10.8. The van der Waals surface area contributed by atoms with E-state index in [1.165, 1.54) is 25.7 Å². The van der Waals surface area contributed by atoms with Gasteiger partial charge in [0.05, 0.1) is 5.56 Å². The third-order valence-electron chi connectivity index (χ3n) is 2.96. The zero-order chi connectivity index (χ0) is 11.4. The number of aromatic carboxylic acids is 1. The van der Waals surface area contributed by atoms with Gasteiger partial charge in [-0.2, -0.15) is 11.8 Å². The average Bonchev–Trinajstić information content (AvgIpc) is 2.79. The van der Waals surface area contributed by atoms with Crippen LogP contribution in [-0.2, 0) is 5.75 Å². The molecule has 0 amide bonds. The second-order valence-electron chi connectivity index (χ2n) is 4.22. The van der Waals surface area contributed by atoms with E-state index in [0.717, 1.165) is 16.6 Å². The lowest BCUT2D eigenvalue weighted by molar-refractivity contribution is 0.0697. The van der Waals surface area contributed by atoms with Crippen LogP contribution in [0.3, 0.4) is 0 Å². The molecule has 2 nitrogen and oxygen atoms in total. The Bertz CT molecular complexity index is 370. The van der Waals surface area contributed by atoms with Crippen LogP contribution in [0.2, 0.25) is 0 Å². The van der Waals surface area contributed by atoms with Gasteiger partial charge in [-0.25, -0.2) is 4.79 Å². The van der Waals surface area contributed by atoms with E-state index in [1.807, 2.05) is 23.9 Å². The summed E-state index contributed by atoms with van der Waals surface area (Å²) in [5.41, 5.74) is 1.52. The number of carboxylic acid groups (broad SMARTS) is 1. The molecule has 0 bridgehead atoms. The highest BCUT2D eigenvalue weighted by Crippen LogP contribution is 2.31. The van der Waals surface area contributed by atoms with Crippen LogP contribution in [0.5, 0.6) is 0 Å². The predicted octanol–water partition coefficient (Wildman–Crippen LogP) is 3.56. The minimum absolute atomic E-state index is 0.393. The molecule has 3 heteroatoms. The summed E-state index contributed by atoms with van der Waals surface area (Å²) >= 11 is 1.96. The fourth-order valence-corrected chi connectivity index (χ4v) is 3.34. The molecule has 0 saturated heterocycles. The van der Waals surface area contributed by atoms with Crippen molar-refractivity contribution in [3.8, 4) is 0 Å². The number of carboxylic acids is 1. The number of benzene rings is 1. The Kier molecular flexibility index (Phi) is 3.88. The second-order valence-corrected chi connectivity index (χ2v) is 5.51. The van der Waals surface area contributed by atoms with Gasteiger partial charge in [0.15, 0.2) is 0 Å². The van der Waals surface area contributed by atoms with Crippen LogP contribution in [0.1, 0.15) is 41.6 Å². The van der Waals surface area contributed by atoms with E-state index < -0.39 is 5.97 Å². The van der Waals surface area contributed by atoms with Gasteiger partial charge < -0.3 is 5.11 Å². The summed E-state index contributed by atoms with van der Waals surface area (Å²) in [6.07, 6.45) is 5.35. The van der Waals surface area contributed by atoms with Crippen molar-refractivity contribution >= 4 is 17.7 Å². The topological polar surface area (TPSA) is 37.3 Å².